The Labute approximate surface area is 335 Å². The van der Waals surface area contributed by atoms with Crippen molar-refractivity contribution in [1.29, 1.82) is 0 Å². The molecular weight excluding hydrogens is 743 g/mol. The summed E-state index contributed by atoms with van der Waals surface area (Å²) in [4.78, 5) is 47.8. The number of aryl methyl sites for hydroxylation is 3. The Hall–Kier alpha value is -6.25. The van der Waals surface area contributed by atoms with E-state index in [0.717, 1.165) is 68.8 Å². The Kier molecular flexibility index (Phi) is 10.9. The molecule has 0 saturated carbocycles. The van der Waals surface area contributed by atoms with Gasteiger partial charge in [-0.3, -0.25) is 0 Å². The largest absolute Gasteiger partial charge is 0.511 e. The molecule has 1 unspecified atom stereocenters. The highest BCUT2D eigenvalue weighted by Crippen LogP contribution is 2.33. The standard InChI is InChI=1S/C44H45N5O9/c1-6-11-37-47-38-25(2)20-29(41-46-32-14-9-10-15-33(32)48(41)5)21-34(38)49(37)22-27-16-18-28(19-17-27)30-12-7-8-13-31(30)42(50)55-26(3)56-44(52)58-36-24-54-39-35(23-53-40(36)39)57-43(51)45-4/h7-10,12-21,26,35-36,39-40H,6,11,22-24H2,1-5H3,(H,45,51)/t26?,35-,36+,39-,40-/m1/s1. The van der Waals surface area contributed by atoms with Crippen LogP contribution in [0.1, 0.15) is 47.6 Å². The fourth-order valence-electron chi connectivity index (χ4n) is 7.80. The molecule has 14 heteroatoms. The quantitative estimate of drug-likeness (QED) is 0.0812. The molecule has 2 fully saturated rings. The van der Waals surface area contributed by atoms with Crippen molar-refractivity contribution in [1.82, 2.24) is 24.4 Å². The van der Waals surface area contributed by atoms with Crippen molar-refractivity contribution in [3.05, 3.63) is 107 Å². The van der Waals surface area contributed by atoms with Gasteiger partial charge < -0.3 is 42.9 Å². The summed E-state index contributed by atoms with van der Waals surface area (Å²) in [6, 6.07) is 27.7. The van der Waals surface area contributed by atoms with Gasteiger partial charge in [0.05, 0.1) is 40.8 Å². The Morgan fingerprint density at radius 3 is 2.29 bits per heavy atom. The van der Waals surface area contributed by atoms with Gasteiger partial charge in [-0.25, -0.2) is 24.4 Å². The van der Waals surface area contributed by atoms with E-state index in [1.807, 2.05) is 49.5 Å². The van der Waals surface area contributed by atoms with Gasteiger partial charge in [0.1, 0.15) is 23.9 Å². The van der Waals surface area contributed by atoms with Crippen LogP contribution in [0.5, 0.6) is 0 Å². The van der Waals surface area contributed by atoms with Gasteiger partial charge in [0.2, 0.25) is 6.29 Å². The number of carbonyl (C=O) groups excluding carboxylic acids is 3. The van der Waals surface area contributed by atoms with Crippen LogP contribution in [-0.2, 0) is 48.4 Å². The summed E-state index contributed by atoms with van der Waals surface area (Å²) in [5, 5.41) is 2.38. The van der Waals surface area contributed by atoms with Crippen molar-refractivity contribution < 1.29 is 42.8 Å². The molecule has 14 nitrogen and oxygen atoms in total. The summed E-state index contributed by atoms with van der Waals surface area (Å²) in [5.41, 5.74) is 9.06. The second-order valence-corrected chi connectivity index (χ2v) is 14.5. The van der Waals surface area contributed by atoms with Crippen LogP contribution in [0.25, 0.3) is 44.6 Å². The molecule has 6 aromatic rings. The van der Waals surface area contributed by atoms with Crippen LogP contribution in [0, 0.1) is 6.92 Å². The van der Waals surface area contributed by atoms with Gasteiger partial charge in [0.25, 0.3) is 0 Å². The fraction of sp³-hybridized carbons (Fsp3) is 0.341. The van der Waals surface area contributed by atoms with Crippen LogP contribution in [0.3, 0.4) is 0 Å². The first-order valence-corrected chi connectivity index (χ1v) is 19.4. The molecule has 2 saturated heterocycles. The number of carbonyl (C=O) groups is 3. The predicted octanol–water partition coefficient (Wildman–Crippen LogP) is 7.11. The lowest BCUT2D eigenvalue weighted by Crippen LogP contribution is -2.37. The molecule has 0 bridgehead atoms. The maximum absolute atomic E-state index is 13.4. The zero-order valence-corrected chi connectivity index (χ0v) is 33.0. The van der Waals surface area contributed by atoms with E-state index in [4.69, 9.17) is 38.4 Å². The van der Waals surface area contributed by atoms with Gasteiger partial charge in [-0.05, 0) is 65.9 Å². The number of fused-ring (bicyclic) bond motifs is 3. The van der Waals surface area contributed by atoms with Crippen LogP contribution >= 0.6 is 0 Å². The van der Waals surface area contributed by atoms with Crippen molar-refractivity contribution in [2.75, 3.05) is 20.3 Å². The number of ether oxygens (including phenoxy) is 6. The maximum Gasteiger partial charge on any atom is 0.511 e. The van der Waals surface area contributed by atoms with E-state index in [0.29, 0.717) is 17.7 Å². The number of rotatable bonds is 11. The maximum atomic E-state index is 13.4. The number of hydrogen-bond acceptors (Lipinski definition) is 11. The molecule has 300 valence electrons. The Morgan fingerprint density at radius 2 is 1.57 bits per heavy atom. The van der Waals surface area contributed by atoms with E-state index in [9.17, 15) is 14.4 Å². The topological polar surface area (TPSA) is 154 Å². The van der Waals surface area contributed by atoms with Gasteiger partial charge in [-0.1, -0.05) is 61.5 Å². The zero-order valence-electron chi connectivity index (χ0n) is 33.0. The number of amides is 1. The lowest BCUT2D eigenvalue weighted by Gasteiger charge is -2.19. The molecule has 4 heterocycles. The number of aromatic nitrogens is 4. The number of para-hydroxylation sites is 2. The first-order chi connectivity index (χ1) is 28.1. The van der Waals surface area contributed by atoms with Crippen molar-refractivity contribution in [3.63, 3.8) is 0 Å². The number of esters is 1. The number of imidazole rings is 2. The summed E-state index contributed by atoms with van der Waals surface area (Å²) < 4.78 is 37.3. The molecule has 0 aliphatic carbocycles. The summed E-state index contributed by atoms with van der Waals surface area (Å²) in [6.45, 7) is 6.43. The molecule has 0 spiro atoms. The highest BCUT2D eigenvalue weighted by atomic mass is 16.8. The predicted molar refractivity (Wildman–Crippen MR) is 214 cm³/mol. The third-order valence-electron chi connectivity index (χ3n) is 10.6. The van der Waals surface area contributed by atoms with E-state index in [1.54, 1.807) is 12.1 Å². The molecule has 1 N–H and O–H groups in total. The van der Waals surface area contributed by atoms with E-state index in [2.05, 4.69) is 58.6 Å². The number of nitrogens with one attached hydrogen (secondary N) is 1. The lowest BCUT2D eigenvalue weighted by molar-refractivity contribution is -0.0987. The monoisotopic (exact) mass is 787 g/mol. The molecule has 2 aliphatic heterocycles. The van der Waals surface area contributed by atoms with E-state index in [-0.39, 0.29) is 13.2 Å². The average Bonchev–Trinajstić information content (AvgIpc) is 3.99. The molecule has 58 heavy (non-hydrogen) atoms. The van der Waals surface area contributed by atoms with Gasteiger partial charge in [0, 0.05) is 39.5 Å². The molecule has 8 rings (SSSR count). The van der Waals surface area contributed by atoms with E-state index < -0.39 is 48.9 Å². The minimum atomic E-state index is -1.26. The molecule has 1 amide bonds. The molecular formula is C44H45N5O9. The van der Waals surface area contributed by atoms with E-state index >= 15 is 0 Å². The summed E-state index contributed by atoms with van der Waals surface area (Å²) >= 11 is 0. The second kappa shape index (κ2) is 16.3. The van der Waals surface area contributed by atoms with Crippen LogP contribution in [0.15, 0.2) is 84.9 Å². The number of nitrogens with zero attached hydrogens (tertiary/aromatic N) is 4. The molecule has 0 radical (unpaired) electrons. The average molecular weight is 788 g/mol. The Bertz CT molecular complexity index is 2490. The Morgan fingerprint density at radius 1 is 0.862 bits per heavy atom. The first-order valence-electron chi connectivity index (χ1n) is 19.4. The van der Waals surface area contributed by atoms with Gasteiger partial charge in [-0.15, -0.1) is 0 Å². The summed E-state index contributed by atoms with van der Waals surface area (Å²) in [7, 11) is 3.50. The van der Waals surface area contributed by atoms with Crippen molar-refractivity contribution in [2.24, 2.45) is 7.05 Å². The fourth-order valence-corrected chi connectivity index (χ4v) is 7.80. The number of benzene rings is 4. The van der Waals surface area contributed by atoms with Gasteiger partial charge >= 0.3 is 18.2 Å². The molecule has 5 atom stereocenters. The lowest BCUT2D eigenvalue weighted by atomic mass is 9.98. The third-order valence-corrected chi connectivity index (χ3v) is 10.6. The van der Waals surface area contributed by atoms with Crippen molar-refractivity contribution >= 4 is 40.3 Å². The van der Waals surface area contributed by atoms with Crippen molar-refractivity contribution in [2.45, 2.75) is 70.9 Å². The zero-order chi connectivity index (χ0) is 40.5. The smallest absolute Gasteiger partial charge is 0.441 e. The van der Waals surface area contributed by atoms with Crippen LogP contribution in [0.4, 0.5) is 9.59 Å². The van der Waals surface area contributed by atoms with Crippen LogP contribution in [-0.4, -0.2) is 88.3 Å². The first kappa shape index (κ1) is 38.6. The third kappa shape index (κ3) is 7.60. The SMILES string of the molecule is CCCc1nc2c(C)cc(-c3nc4ccccc4n3C)cc2n1Cc1ccc(-c2ccccc2C(=O)OC(C)OC(=O)O[C@H]2CO[C@H]3[C@@H]2OC[C@H]3OC(=O)NC)cc1. The minimum absolute atomic E-state index is 0.0292. The number of alkyl carbamates (subject to hydrolysis) is 1. The summed E-state index contributed by atoms with van der Waals surface area (Å²) in [6.07, 6.45) is -3.78. The molecule has 4 aromatic carbocycles. The highest BCUT2D eigenvalue weighted by Gasteiger charge is 2.51. The molecule has 2 aromatic heterocycles. The van der Waals surface area contributed by atoms with Crippen LogP contribution in [0.2, 0.25) is 0 Å². The van der Waals surface area contributed by atoms with E-state index in [1.165, 1.54) is 14.0 Å². The van der Waals surface area contributed by atoms with Crippen LogP contribution < -0.4 is 5.32 Å². The van der Waals surface area contributed by atoms with Gasteiger partial charge in [-0.2, -0.15) is 0 Å². The normalized spacial score (nSPS) is 19.2. The highest BCUT2D eigenvalue weighted by molar-refractivity contribution is 5.97. The molecule has 2 aliphatic rings. The number of hydrogen-bond donors (Lipinski definition) is 1. The second-order valence-electron chi connectivity index (χ2n) is 14.5. The summed E-state index contributed by atoms with van der Waals surface area (Å²) in [5.74, 6) is 1.26. The minimum Gasteiger partial charge on any atom is -0.441 e. The van der Waals surface area contributed by atoms with Crippen molar-refractivity contribution in [3.8, 4) is 22.5 Å². The Balaban J connectivity index is 0.949. The van der Waals surface area contributed by atoms with Gasteiger partial charge in [0.15, 0.2) is 12.2 Å².